The van der Waals surface area contributed by atoms with E-state index in [1.807, 2.05) is 30.1 Å². The maximum atomic E-state index is 13.9. The van der Waals surface area contributed by atoms with Crippen LogP contribution in [0.4, 0.5) is 8.78 Å². The van der Waals surface area contributed by atoms with Crippen molar-refractivity contribution in [1.82, 2.24) is 19.7 Å². The number of piperidine rings is 1. The number of aryl methyl sites for hydroxylation is 1. The fourth-order valence-corrected chi connectivity index (χ4v) is 3.91. The largest absolute Gasteiger partial charge is 0.297 e. The Kier molecular flexibility index (Phi) is 5.48. The van der Waals surface area contributed by atoms with Gasteiger partial charge in [-0.2, -0.15) is 5.10 Å². The summed E-state index contributed by atoms with van der Waals surface area (Å²) in [5.74, 6) is -0.648. The first-order chi connectivity index (χ1) is 13.6. The number of pyridine rings is 1. The van der Waals surface area contributed by atoms with Gasteiger partial charge in [0.15, 0.2) is 0 Å². The summed E-state index contributed by atoms with van der Waals surface area (Å²) < 4.78 is 29.6. The number of hydrogen-bond donors (Lipinski definition) is 0. The number of rotatable bonds is 5. The Morgan fingerprint density at radius 3 is 2.61 bits per heavy atom. The molecule has 4 nitrogen and oxygen atoms in total. The number of benzene rings is 1. The Morgan fingerprint density at radius 2 is 1.93 bits per heavy atom. The number of nitrogens with zero attached hydrogens (tertiary/aromatic N) is 4. The van der Waals surface area contributed by atoms with E-state index in [0.717, 1.165) is 43.7 Å². The first-order valence-corrected chi connectivity index (χ1v) is 9.67. The number of hydrogen-bond acceptors (Lipinski definition) is 3. The second-order valence-corrected chi connectivity index (χ2v) is 7.49. The predicted molar refractivity (Wildman–Crippen MR) is 104 cm³/mol. The maximum absolute atomic E-state index is 13.9. The van der Waals surface area contributed by atoms with Gasteiger partial charge in [-0.3, -0.25) is 14.6 Å². The highest BCUT2D eigenvalue weighted by Gasteiger charge is 2.23. The zero-order valence-electron chi connectivity index (χ0n) is 16.0. The van der Waals surface area contributed by atoms with Gasteiger partial charge in [-0.15, -0.1) is 0 Å². The Bertz CT molecular complexity index is 916. The zero-order chi connectivity index (χ0) is 19.5. The van der Waals surface area contributed by atoms with Crippen LogP contribution in [-0.2, 0) is 20.0 Å². The molecule has 0 spiro atoms. The van der Waals surface area contributed by atoms with Gasteiger partial charge in [0.25, 0.3) is 0 Å². The van der Waals surface area contributed by atoms with Crippen LogP contribution in [0.15, 0.2) is 48.8 Å². The van der Waals surface area contributed by atoms with Gasteiger partial charge in [0.1, 0.15) is 11.6 Å². The van der Waals surface area contributed by atoms with E-state index in [2.05, 4.69) is 21.0 Å². The minimum atomic E-state index is -0.512. The summed E-state index contributed by atoms with van der Waals surface area (Å²) in [6, 6.07) is 9.97. The average molecular weight is 382 g/mol. The van der Waals surface area contributed by atoms with Crippen LogP contribution in [0.2, 0.25) is 0 Å². The SMILES string of the molecule is Cn1nccc1CN1CCC[C@@H](c2ccc(Cc3c(F)cccc3F)cn2)C1. The Labute approximate surface area is 163 Å². The molecular weight excluding hydrogens is 358 g/mol. The standard InChI is InChI=1S/C22H24F2N4/c1-27-18(9-10-26-27)15-28-11-3-4-17(14-28)22-8-7-16(13-25-22)12-19-20(23)5-2-6-21(19)24/h2,5-10,13,17H,3-4,11-12,14-15H2,1H3/t17-/m1/s1. The highest BCUT2D eigenvalue weighted by molar-refractivity contribution is 5.28. The molecule has 146 valence electrons. The summed E-state index contributed by atoms with van der Waals surface area (Å²) in [5, 5.41) is 4.24. The molecule has 28 heavy (non-hydrogen) atoms. The quantitative estimate of drug-likeness (QED) is 0.667. The summed E-state index contributed by atoms with van der Waals surface area (Å²) in [5.41, 5.74) is 3.16. The summed E-state index contributed by atoms with van der Waals surface area (Å²) in [4.78, 5) is 7.06. The molecule has 1 aliphatic heterocycles. The molecular formula is C22H24F2N4. The molecule has 0 unspecified atom stereocenters. The van der Waals surface area contributed by atoms with Crippen molar-refractivity contribution in [2.24, 2.45) is 7.05 Å². The molecule has 1 aliphatic rings. The van der Waals surface area contributed by atoms with Gasteiger partial charge in [0.2, 0.25) is 0 Å². The van der Waals surface area contributed by atoms with Gasteiger partial charge < -0.3 is 0 Å². The normalized spacial score (nSPS) is 17.8. The topological polar surface area (TPSA) is 34.0 Å². The first kappa shape index (κ1) is 18.7. The molecule has 0 amide bonds. The molecule has 1 saturated heterocycles. The van der Waals surface area contributed by atoms with Crippen LogP contribution in [0.25, 0.3) is 0 Å². The number of likely N-dealkylation sites (tertiary alicyclic amines) is 1. The third kappa shape index (κ3) is 4.12. The van der Waals surface area contributed by atoms with Crippen LogP contribution >= 0.6 is 0 Å². The van der Waals surface area contributed by atoms with Gasteiger partial charge in [0.05, 0.1) is 5.69 Å². The monoisotopic (exact) mass is 382 g/mol. The van der Waals surface area contributed by atoms with Crippen molar-refractivity contribution in [2.75, 3.05) is 13.1 Å². The molecule has 0 radical (unpaired) electrons. The van der Waals surface area contributed by atoms with Crippen LogP contribution in [0.3, 0.4) is 0 Å². The molecule has 0 saturated carbocycles. The van der Waals surface area contributed by atoms with Gasteiger partial charge in [0, 0.05) is 56.1 Å². The molecule has 3 aromatic rings. The third-order valence-electron chi connectivity index (χ3n) is 5.52. The van der Waals surface area contributed by atoms with Gasteiger partial charge in [-0.05, 0) is 49.2 Å². The highest BCUT2D eigenvalue weighted by atomic mass is 19.1. The van der Waals surface area contributed by atoms with Gasteiger partial charge in [-0.1, -0.05) is 12.1 Å². The Hall–Kier alpha value is -2.60. The fourth-order valence-electron chi connectivity index (χ4n) is 3.91. The van der Waals surface area contributed by atoms with Crippen molar-refractivity contribution in [3.8, 4) is 0 Å². The van der Waals surface area contributed by atoms with Gasteiger partial charge in [-0.25, -0.2) is 8.78 Å². The van der Waals surface area contributed by atoms with Crippen LogP contribution in [0, 0.1) is 11.6 Å². The Morgan fingerprint density at radius 1 is 1.11 bits per heavy atom. The number of halogens is 2. The minimum absolute atomic E-state index is 0.0945. The van der Waals surface area contributed by atoms with Crippen LogP contribution in [0.1, 0.15) is 41.3 Å². The summed E-state index contributed by atoms with van der Waals surface area (Å²) in [7, 11) is 1.97. The van der Waals surface area contributed by atoms with Gasteiger partial charge >= 0.3 is 0 Å². The van der Waals surface area contributed by atoms with E-state index in [-0.39, 0.29) is 12.0 Å². The lowest BCUT2D eigenvalue weighted by Crippen LogP contribution is -2.34. The average Bonchev–Trinajstić information content (AvgIpc) is 3.10. The maximum Gasteiger partial charge on any atom is 0.129 e. The van der Waals surface area contributed by atoms with E-state index >= 15 is 0 Å². The molecule has 1 aromatic carbocycles. The van der Waals surface area contributed by atoms with E-state index < -0.39 is 11.6 Å². The zero-order valence-corrected chi connectivity index (χ0v) is 16.0. The predicted octanol–water partition coefficient (Wildman–Crippen LogP) is 4.06. The van der Waals surface area contributed by atoms with E-state index in [1.54, 1.807) is 6.20 Å². The Balaban J connectivity index is 1.42. The minimum Gasteiger partial charge on any atom is -0.297 e. The fraction of sp³-hybridized carbons (Fsp3) is 0.364. The van der Waals surface area contributed by atoms with E-state index in [1.165, 1.54) is 23.9 Å². The summed E-state index contributed by atoms with van der Waals surface area (Å²) >= 11 is 0. The van der Waals surface area contributed by atoms with Crippen LogP contribution in [0.5, 0.6) is 0 Å². The molecule has 4 rings (SSSR count). The van der Waals surface area contributed by atoms with Crippen molar-refractivity contribution in [2.45, 2.75) is 31.7 Å². The van der Waals surface area contributed by atoms with E-state index in [9.17, 15) is 8.78 Å². The second-order valence-electron chi connectivity index (χ2n) is 7.49. The molecule has 0 N–H and O–H groups in total. The van der Waals surface area contributed by atoms with E-state index in [0.29, 0.717) is 5.92 Å². The van der Waals surface area contributed by atoms with Crippen LogP contribution in [-0.4, -0.2) is 32.8 Å². The summed E-state index contributed by atoms with van der Waals surface area (Å²) in [6.45, 7) is 2.92. The van der Waals surface area contributed by atoms with Crippen LogP contribution < -0.4 is 0 Å². The molecule has 1 fully saturated rings. The van der Waals surface area contributed by atoms with Crippen molar-refractivity contribution < 1.29 is 8.78 Å². The molecule has 6 heteroatoms. The van der Waals surface area contributed by atoms with Crippen molar-refractivity contribution in [3.63, 3.8) is 0 Å². The van der Waals surface area contributed by atoms with E-state index in [4.69, 9.17) is 0 Å². The third-order valence-corrected chi connectivity index (χ3v) is 5.52. The van der Waals surface area contributed by atoms with Crippen molar-refractivity contribution in [1.29, 1.82) is 0 Å². The smallest absolute Gasteiger partial charge is 0.129 e. The summed E-state index contributed by atoms with van der Waals surface area (Å²) in [6.07, 6.45) is 6.03. The molecule has 3 heterocycles. The van der Waals surface area contributed by atoms with Crippen molar-refractivity contribution in [3.05, 3.63) is 82.9 Å². The first-order valence-electron chi connectivity index (χ1n) is 9.67. The lowest BCUT2D eigenvalue weighted by molar-refractivity contribution is 0.194. The molecule has 0 bridgehead atoms. The molecule has 0 aliphatic carbocycles. The lowest BCUT2D eigenvalue weighted by atomic mass is 9.93. The molecule has 1 atom stereocenters. The molecule has 2 aromatic heterocycles. The highest BCUT2D eigenvalue weighted by Crippen LogP contribution is 2.27. The lowest BCUT2D eigenvalue weighted by Gasteiger charge is -2.32. The number of aromatic nitrogens is 3. The van der Waals surface area contributed by atoms with Crippen molar-refractivity contribution >= 4 is 0 Å². The second kappa shape index (κ2) is 8.19.